The first-order valence-corrected chi connectivity index (χ1v) is 8.25. The first-order chi connectivity index (χ1) is 8.88. The first kappa shape index (κ1) is 14.4. The molecule has 6 nitrogen and oxygen atoms in total. The van der Waals surface area contributed by atoms with Gasteiger partial charge in [-0.05, 0) is 32.0 Å². The highest BCUT2D eigenvalue weighted by molar-refractivity contribution is 7.89. The average molecular weight is 304 g/mol. The van der Waals surface area contributed by atoms with E-state index < -0.39 is 16.0 Å². The highest BCUT2D eigenvalue weighted by Crippen LogP contribution is 2.20. The topological polar surface area (TPSA) is 86.7 Å². The van der Waals surface area contributed by atoms with Gasteiger partial charge in [-0.25, -0.2) is 17.9 Å². The van der Waals surface area contributed by atoms with Crippen molar-refractivity contribution in [2.24, 2.45) is 5.92 Å². The molecule has 0 amide bonds. The highest BCUT2D eigenvalue weighted by atomic mass is 32.2. The minimum atomic E-state index is -3.60. The number of likely N-dealkylation sites (tertiary alicyclic amines) is 1. The van der Waals surface area contributed by atoms with Gasteiger partial charge in [0, 0.05) is 18.5 Å². The fourth-order valence-electron chi connectivity index (χ4n) is 2.08. The lowest BCUT2D eigenvalue weighted by Gasteiger charge is -2.11. The molecule has 2 rings (SSSR count). The third-order valence-electron chi connectivity index (χ3n) is 3.15. The largest absolute Gasteiger partial charge is 0.477 e. The zero-order chi connectivity index (χ0) is 14.0. The molecule has 1 aliphatic heterocycles. The van der Waals surface area contributed by atoms with E-state index in [1.165, 1.54) is 11.4 Å². The molecule has 1 atom stereocenters. The Hall–Kier alpha value is -0.960. The summed E-state index contributed by atoms with van der Waals surface area (Å²) in [7, 11) is -1.59. The van der Waals surface area contributed by atoms with Crippen LogP contribution in [0.5, 0.6) is 0 Å². The van der Waals surface area contributed by atoms with Crippen molar-refractivity contribution in [2.75, 3.05) is 26.7 Å². The molecule has 1 aromatic heterocycles. The molecule has 19 heavy (non-hydrogen) atoms. The first-order valence-electron chi connectivity index (χ1n) is 5.88. The molecular weight excluding hydrogens is 288 g/mol. The van der Waals surface area contributed by atoms with Gasteiger partial charge >= 0.3 is 5.97 Å². The van der Waals surface area contributed by atoms with E-state index in [0.717, 1.165) is 30.8 Å². The lowest BCUT2D eigenvalue weighted by atomic mass is 10.1. The van der Waals surface area contributed by atoms with E-state index in [1.54, 1.807) is 0 Å². The lowest BCUT2D eigenvalue weighted by molar-refractivity contribution is 0.0702. The van der Waals surface area contributed by atoms with Crippen LogP contribution in [0.4, 0.5) is 0 Å². The van der Waals surface area contributed by atoms with Crippen LogP contribution in [0.25, 0.3) is 0 Å². The van der Waals surface area contributed by atoms with Gasteiger partial charge in [0.2, 0.25) is 10.0 Å². The van der Waals surface area contributed by atoms with Crippen molar-refractivity contribution < 1.29 is 18.3 Å². The Bertz CT molecular complexity index is 567. The number of nitrogens with one attached hydrogen (secondary N) is 1. The van der Waals surface area contributed by atoms with Gasteiger partial charge in [0.05, 0.1) is 4.90 Å². The number of carboxylic acids is 1. The van der Waals surface area contributed by atoms with Gasteiger partial charge in [-0.1, -0.05) is 0 Å². The molecular formula is C11H16N2O4S2. The zero-order valence-electron chi connectivity index (χ0n) is 10.5. The Balaban J connectivity index is 1.99. The molecule has 1 aromatic rings. The van der Waals surface area contributed by atoms with E-state index in [4.69, 9.17) is 5.11 Å². The molecule has 0 spiro atoms. The highest BCUT2D eigenvalue weighted by Gasteiger charge is 2.23. The maximum Gasteiger partial charge on any atom is 0.345 e. The maximum atomic E-state index is 12.0. The number of hydrogen-bond donors (Lipinski definition) is 2. The van der Waals surface area contributed by atoms with E-state index in [0.29, 0.717) is 12.5 Å². The third kappa shape index (κ3) is 3.53. The SMILES string of the molecule is CN1CCC(CNS(=O)(=O)c2csc(C(=O)O)c2)C1. The quantitative estimate of drug-likeness (QED) is 0.835. The normalized spacial score (nSPS) is 20.8. The molecule has 1 fully saturated rings. The van der Waals surface area contributed by atoms with Crippen molar-refractivity contribution in [3.05, 3.63) is 16.3 Å². The van der Waals surface area contributed by atoms with Gasteiger partial charge in [-0.15, -0.1) is 11.3 Å². The molecule has 106 valence electrons. The fraction of sp³-hybridized carbons (Fsp3) is 0.545. The van der Waals surface area contributed by atoms with Crippen molar-refractivity contribution in [1.82, 2.24) is 9.62 Å². The number of thiophene rings is 1. The number of hydrogen-bond acceptors (Lipinski definition) is 5. The van der Waals surface area contributed by atoms with Crippen molar-refractivity contribution in [3.63, 3.8) is 0 Å². The number of carbonyl (C=O) groups is 1. The molecule has 0 bridgehead atoms. The molecule has 2 heterocycles. The van der Waals surface area contributed by atoms with Crippen LogP contribution in [0, 0.1) is 5.92 Å². The van der Waals surface area contributed by atoms with Gasteiger partial charge in [0.1, 0.15) is 4.88 Å². The van der Waals surface area contributed by atoms with E-state index in [1.807, 2.05) is 7.05 Å². The van der Waals surface area contributed by atoms with Crippen LogP contribution in [0.1, 0.15) is 16.1 Å². The number of rotatable bonds is 5. The molecule has 0 aromatic carbocycles. The Morgan fingerprint density at radius 3 is 2.89 bits per heavy atom. The van der Waals surface area contributed by atoms with E-state index in [-0.39, 0.29) is 9.77 Å². The molecule has 1 unspecified atom stereocenters. The summed E-state index contributed by atoms with van der Waals surface area (Å²) in [6, 6.07) is 1.19. The number of aromatic carboxylic acids is 1. The average Bonchev–Trinajstić information content (AvgIpc) is 2.95. The molecule has 1 saturated heterocycles. The van der Waals surface area contributed by atoms with Crippen LogP contribution < -0.4 is 4.72 Å². The Kier molecular flexibility index (Phi) is 4.24. The van der Waals surface area contributed by atoms with Gasteiger partial charge in [-0.2, -0.15) is 0 Å². The van der Waals surface area contributed by atoms with Crippen LogP contribution in [-0.2, 0) is 10.0 Å². The van der Waals surface area contributed by atoms with Crippen molar-refractivity contribution in [1.29, 1.82) is 0 Å². The number of sulfonamides is 1. The van der Waals surface area contributed by atoms with Crippen molar-refractivity contribution in [2.45, 2.75) is 11.3 Å². The standard InChI is InChI=1S/C11H16N2O4S2/c1-13-3-2-8(6-13)5-12-19(16,17)9-4-10(11(14)15)18-7-9/h4,7-8,12H,2-3,5-6H2,1H3,(H,14,15). The van der Waals surface area contributed by atoms with Gasteiger partial charge in [0.15, 0.2) is 0 Å². The number of nitrogens with zero attached hydrogens (tertiary/aromatic N) is 1. The summed E-state index contributed by atoms with van der Waals surface area (Å²) in [5.41, 5.74) is 0. The molecule has 0 radical (unpaired) electrons. The number of carboxylic acid groups (broad SMARTS) is 1. The molecule has 8 heteroatoms. The Labute approximate surface area is 116 Å². The second kappa shape index (κ2) is 5.58. The molecule has 2 N–H and O–H groups in total. The Morgan fingerprint density at radius 2 is 2.37 bits per heavy atom. The molecule has 0 aliphatic carbocycles. The van der Waals surface area contributed by atoms with Gasteiger partial charge in [0.25, 0.3) is 0 Å². The smallest absolute Gasteiger partial charge is 0.345 e. The second-order valence-corrected chi connectivity index (χ2v) is 7.40. The van der Waals surface area contributed by atoms with E-state index in [9.17, 15) is 13.2 Å². The Morgan fingerprint density at radius 1 is 1.63 bits per heavy atom. The van der Waals surface area contributed by atoms with E-state index in [2.05, 4.69) is 9.62 Å². The third-order valence-corrected chi connectivity index (χ3v) is 5.62. The summed E-state index contributed by atoms with van der Waals surface area (Å²) < 4.78 is 26.5. The maximum absolute atomic E-state index is 12.0. The van der Waals surface area contributed by atoms with Crippen LogP contribution in [0.3, 0.4) is 0 Å². The van der Waals surface area contributed by atoms with Gasteiger partial charge < -0.3 is 10.0 Å². The predicted octanol–water partition coefficient (Wildman–Crippen LogP) is 0.676. The fourth-order valence-corrected chi connectivity index (χ4v) is 4.30. The lowest BCUT2D eigenvalue weighted by Crippen LogP contribution is -2.30. The van der Waals surface area contributed by atoms with Crippen LogP contribution in [0.15, 0.2) is 16.3 Å². The van der Waals surface area contributed by atoms with E-state index >= 15 is 0 Å². The molecule has 0 saturated carbocycles. The summed E-state index contributed by atoms with van der Waals surface area (Å²) >= 11 is 0.916. The van der Waals surface area contributed by atoms with Crippen LogP contribution >= 0.6 is 11.3 Å². The minimum Gasteiger partial charge on any atom is -0.477 e. The monoisotopic (exact) mass is 304 g/mol. The van der Waals surface area contributed by atoms with Crippen molar-refractivity contribution >= 4 is 27.3 Å². The summed E-state index contributed by atoms with van der Waals surface area (Å²) in [4.78, 5) is 13.0. The summed E-state index contributed by atoms with van der Waals surface area (Å²) in [5, 5.41) is 10.1. The predicted molar refractivity (Wildman–Crippen MR) is 72.1 cm³/mol. The zero-order valence-corrected chi connectivity index (χ0v) is 12.1. The van der Waals surface area contributed by atoms with Crippen molar-refractivity contribution in [3.8, 4) is 0 Å². The van der Waals surface area contributed by atoms with Crippen LogP contribution in [0.2, 0.25) is 0 Å². The molecule has 1 aliphatic rings. The summed E-state index contributed by atoms with van der Waals surface area (Å²) in [6.45, 7) is 2.26. The summed E-state index contributed by atoms with van der Waals surface area (Å²) in [6.07, 6.45) is 0.975. The van der Waals surface area contributed by atoms with Gasteiger partial charge in [-0.3, -0.25) is 0 Å². The summed E-state index contributed by atoms with van der Waals surface area (Å²) in [5.74, 6) is -0.791. The minimum absolute atomic E-state index is 0.0287. The van der Waals surface area contributed by atoms with Crippen LogP contribution in [-0.4, -0.2) is 51.1 Å². The second-order valence-electron chi connectivity index (χ2n) is 4.72.